The number of nitrogens with zero attached hydrogens (tertiary/aromatic N) is 1. The van der Waals surface area contributed by atoms with Crippen LogP contribution in [0.25, 0.3) is 0 Å². The molecule has 1 aromatic carbocycles. The average molecular weight is 341 g/mol. The molecule has 2 atom stereocenters. The zero-order chi connectivity index (χ0) is 14.7. The summed E-state index contributed by atoms with van der Waals surface area (Å²) in [6.45, 7) is 7.18. The van der Waals surface area contributed by atoms with Crippen LogP contribution in [0.15, 0.2) is 22.7 Å². The molecule has 0 aromatic heterocycles. The predicted octanol–water partition coefficient (Wildman–Crippen LogP) is 2.95. The van der Waals surface area contributed by atoms with Crippen molar-refractivity contribution in [2.24, 2.45) is 0 Å². The molecule has 1 amide bonds. The Balaban J connectivity index is 2.12. The van der Waals surface area contributed by atoms with Crippen LogP contribution in [-0.2, 0) is 4.79 Å². The van der Waals surface area contributed by atoms with Gasteiger partial charge in [-0.15, -0.1) is 0 Å². The SMILES string of the molecule is CC[C@@H](C)NC(=O)CN1C[C@@H](C)Oc2ccc(Br)cc21. The number of nitrogens with one attached hydrogen (secondary N) is 1. The number of amides is 1. The van der Waals surface area contributed by atoms with E-state index >= 15 is 0 Å². The van der Waals surface area contributed by atoms with Gasteiger partial charge in [0.2, 0.25) is 5.91 Å². The number of carbonyl (C=O) groups excluding carboxylic acids is 1. The van der Waals surface area contributed by atoms with Crippen LogP contribution in [0.2, 0.25) is 0 Å². The van der Waals surface area contributed by atoms with E-state index in [1.54, 1.807) is 0 Å². The largest absolute Gasteiger partial charge is 0.487 e. The molecule has 20 heavy (non-hydrogen) atoms. The van der Waals surface area contributed by atoms with E-state index in [-0.39, 0.29) is 18.1 Å². The number of carbonyl (C=O) groups is 1. The fourth-order valence-electron chi connectivity index (χ4n) is 2.25. The molecule has 0 bridgehead atoms. The van der Waals surface area contributed by atoms with E-state index < -0.39 is 0 Å². The molecule has 0 spiro atoms. The lowest BCUT2D eigenvalue weighted by atomic mass is 10.2. The Labute approximate surface area is 128 Å². The number of benzene rings is 1. The maximum absolute atomic E-state index is 12.1. The second-order valence-corrected chi connectivity index (χ2v) is 6.21. The van der Waals surface area contributed by atoms with Gasteiger partial charge < -0.3 is 15.0 Å². The fraction of sp³-hybridized carbons (Fsp3) is 0.533. The number of hydrogen-bond acceptors (Lipinski definition) is 3. The van der Waals surface area contributed by atoms with Crippen LogP contribution in [0.1, 0.15) is 27.2 Å². The molecule has 0 saturated carbocycles. The third kappa shape index (κ3) is 3.66. The van der Waals surface area contributed by atoms with Crippen LogP contribution >= 0.6 is 15.9 Å². The van der Waals surface area contributed by atoms with Gasteiger partial charge >= 0.3 is 0 Å². The number of rotatable bonds is 4. The average Bonchev–Trinajstić information content (AvgIpc) is 2.39. The number of anilines is 1. The third-order valence-corrected chi connectivity index (χ3v) is 3.91. The van der Waals surface area contributed by atoms with Gasteiger partial charge in [-0.2, -0.15) is 0 Å². The summed E-state index contributed by atoms with van der Waals surface area (Å²) in [5.74, 6) is 0.891. The Morgan fingerprint density at radius 3 is 3.05 bits per heavy atom. The van der Waals surface area contributed by atoms with Crippen molar-refractivity contribution in [2.45, 2.75) is 39.3 Å². The zero-order valence-corrected chi connectivity index (χ0v) is 13.7. The van der Waals surface area contributed by atoms with Crippen LogP contribution in [0.4, 0.5) is 5.69 Å². The predicted molar refractivity (Wildman–Crippen MR) is 84.3 cm³/mol. The third-order valence-electron chi connectivity index (χ3n) is 3.42. The second kappa shape index (κ2) is 6.48. The van der Waals surface area contributed by atoms with Crippen LogP contribution < -0.4 is 15.0 Å². The van der Waals surface area contributed by atoms with Gasteiger partial charge in [0.25, 0.3) is 0 Å². The van der Waals surface area contributed by atoms with Crippen molar-refractivity contribution in [3.05, 3.63) is 22.7 Å². The Morgan fingerprint density at radius 1 is 1.60 bits per heavy atom. The molecule has 1 heterocycles. The van der Waals surface area contributed by atoms with E-state index in [9.17, 15) is 4.79 Å². The van der Waals surface area contributed by atoms with E-state index in [0.717, 1.165) is 28.9 Å². The highest BCUT2D eigenvalue weighted by atomic mass is 79.9. The topological polar surface area (TPSA) is 41.6 Å². The van der Waals surface area contributed by atoms with Gasteiger partial charge in [-0.05, 0) is 38.5 Å². The van der Waals surface area contributed by atoms with E-state index in [2.05, 4.69) is 33.1 Å². The summed E-state index contributed by atoms with van der Waals surface area (Å²) >= 11 is 3.47. The summed E-state index contributed by atoms with van der Waals surface area (Å²) in [6.07, 6.45) is 1.02. The standard InChI is InChI=1S/C15H21BrN2O2/c1-4-10(2)17-15(19)9-18-8-11(3)20-14-6-5-12(16)7-13(14)18/h5-7,10-11H,4,8-9H2,1-3H3,(H,17,19)/t10-,11-/m1/s1. The van der Waals surface area contributed by atoms with E-state index in [1.807, 2.05) is 32.0 Å². The molecule has 1 aliphatic rings. The summed E-state index contributed by atoms with van der Waals surface area (Å²) in [6, 6.07) is 6.10. The molecular weight excluding hydrogens is 320 g/mol. The highest BCUT2D eigenvalue weighted by Gasteiger charge is 2.24. The van der Waals surface area contributed by atoms with E-state index in [0.29, 0.717) is 6.54 Å². The first-order valence-corrected chi connectivity index (χ1v) is 7.79. The Kier molecular flexibility index (Phi) is 4.91. The molecular formula is C15H21BrN2O2. The van der Waals surface area contributed by atoms with Crippen molar-refractivity contribution in [3.63, 3.8) is 0 Å². The smallest absolute Gasteiger partial charge is 0.239 e. The number of ether oxygens (including phenoxy) is 1. The zero-order valence-electron chi connectivity index (χ0n) is 12.1. The Hall–Kier alpha value is -1.23. The molecule has 5 heteroatoms. The van der Waals surface area contributed by atoms with E-state index in [1.165, 1.54) is 0 Å². The van der Waals surface area contributed by atoms with Crippen LogP contribution in [0.3, 0.4) is 0 Å². The van der Waals surface area contributed by atoms with Crippen molar-refractivity contribution in [2.75, 3.05) is 18.0 Å². The van der Waals surface area contributed by atoms with E-state index in [4.69, 9.17) is 4.74 Å². The summed E-state index contributed by atoms with van der Waals surface area (Å²) in [5.41, 5.74) is 0.969. The monoisotopic (exact) mass is 340 g/mol. The summed E-state index contributed by atoms with van der Waals surface area (Å²) < 4.78 is 6.79. The van der Waals surface area contributed by atoms with Crippen molar-refractivity contribution in [1.29, 1.82) is 0 Å². The molecule has 4 nitrogen and oxygen atoms in total. The van der Waals surface area contributed by atoms with Crippen LogP contribution in [0, 0.1) is 0 Å². The molecule has 1 aliphatic heterocycles. The molecule has 0 fully saturated rings. The first-order chi connectivity index (χ1) is 9.49. The minimum absolute atomic E-state index is 0.0550. The van der Waals surface area contributed by atoms with Crippen LogP contribution in [0.5, 0.6) is 5.75 Å². The molecule has 0 unspecified atom stereocenters. The van der Waals surface area contributed by atoms with Gasteiger partial charge in [-0.25, -0.2) is 0 Å². The first kappa shape index (κ1) is 15.2. The molecule has 2 rings (SSSR count). The molecule has 1 N–H and O–H groups in total. The van der Waals surface area contributed by atoms with Gasteiger partial charge in [-0.3, -0.25) is 4.79 Å². The number of hydrogen-bond donors (Lipinski definition) is 1. The van der Waals surface area contributed by atoms with Crippen molar-refractivity contribution < 1.29 is 9.53 Å². The van der Waals surface area contributed by atoms with Gasteiger partial charge in [0, 0.05) is 10.5 Å². The lowest BCUT2D eigenvalue weighted by molar-refractivity contribution is -0.120. The van der Waals surface area contributed by atoms with Crippen molar-refractivity contribution in [1.82, 2.24) is 5.32 Å². The maximum Gasteiger partial charge on any atom is 0.239 e. The number of fused-ring (bicyclic) bond motifs is 1. The van der Waals surface area contributed by atoms with Gasteiger partial charge in [0.1, 0.15) is 11.9 Å². The Morgan fingerprint density at radius 2 is 2.35 bits per heavy atom. The lowest BCUT2D eigenvalue weighted by Crippen LogP contribution is -2.46. The highest BCUT2D eigenvalue weighted by Crippen LogP contribution is 2.35. The highest BCUT2D eigenvalue weighted by molar-refractivity contribution is 9.10. The van der Waals surface area contributed by atoms with Crippen molar-refractivity contribution in [3.8, 4) is 5.75 Å². The number of halogens is 1. The minimum Gasteiger partial charge on any atom is -0.487 e. The summed E-state index contributed by atoms with van der Waals surface area (Å²) in [4.78, 5) is 14.2. The molecule has 0 radical (unpaired) electrons. The Bertz CT molecular complexity index is 493. The normalized spacial score (nSPS) is 19.0. The van der Waals surface area contributed by atoms with Crippen LogP contribution in [-0.4, -0.2) is 31.1 Å². The molecule has 110 valence electrons. The summed E-state index contributed by atoms with van der Waals surface area (Å²) in [5, 5.41) is 3.00. The fourth-order valence-corrected chi connectivity index (χ4v) is 2.59. The molecule has 0 aliphatic carbocycles. The quantitative estimate of drug-likeness (QED) is 0.916. The molecule has 1 aromatic rings. The second-order valence-electron chi connectivity index (χ2n) is 5.30. The molecule has 0 saturated heterocycles. The van der Waals surface area contributed by atoms with Gasteiger partial charge in [0.15, 0.2) is 0 Å². The lowest BCUT2D eigenvalue weighted by Gasteiger charge is -2.34. The minimum atomic E-state index is 0.0550. The van der Waals surface area contributed by atoms with Crippen molar-refractivity contribution >= 4 is 27.5 Å². The summed E-state index contributed by atoms with van der Waals surface area (Å²) in [7, 11) is 0. The van der Waals surface area contributed by atoms with Gasteiger partial charge in [-0.1, -0.05) is 22.9 Å². The first-order valence-electron chi connectivity index (χ1n) is 7.00. The van der Waals surface area contributed by atoms with Gasteiger partial charge in [0.05, 0.1) is 18.8 Å². The maximum atomic E-state index is 12.1.